The summed E-state index contributed by atoms with van der Waals surface area (Å²) in [4.78, 5) is 7.90. The Labute approximate surface area is 70.7 Å². The van der Waals surface area contributed by atoms with Crippen molar-refractivity contribution < 1.29 is 5.11 Å². The first kappa shape index (κ1) is 7.64. The van der Waals surface area contributed by atoms with Gasteiger partial charge in [0, 0.05) is 6.20 Å². The molecule has 0 bridgehead atoms. The van der Waals surface area contributed by atoms with Gasteiger partial charge in [-0.2, -0.15) is 0 Å². The second-order valence-electron chi connectivity index (χ2n) is 2.92. The quantitative estimate of drug-likeness (QED) is 0.608. The van der Waals surface area contributed by atoms with Crippen LogP contribution < -0.4 is 5.32 Å². The second-order valence-corrected chi connectivity index (χ2v) is 2.92. The Morgan fingerprint density at radius 3 is 3.08 bits per heavy atom. The van der Waals surface area contributed by atoms with Crippen LogP contribution in [0.3, 0.4) is 0 Å². The van der Waals surface area contributed by atoms with Crippen molar-refractivity contribution in [1.29, 1.82) is 0 Å². The summed E-state index contributed by atoms with van der Waals surface area (Å²) in [5.41, 5.74) is 0.870. The highest BCUT2D eigenvalue weighted by atomic mass is 16.3. The van der Waals surface area contributed by atoms with Gasteiger partial charge < -0.3 is 10.4 Å². The number of nitrogens with one attached hydrogen (secondary N) is 1. The third-order valence-electron chi connectivity index (χ3n) is 2.11. The minimum absolute atomic E-state index is 0.00648. The molecule has 64 valence electrons. The molecule has 0 aromatic carbocycles. The lowest BCUT2D eigenvalue weighted by atomic mass is 10.1. The molecule has 4 nitrogen and oxygen atoms in total. The molecule has 2 atom stereocenters. The normalized spacial score (nSPS) is 29.1. The van der Waals surface area contributed by atoms with Crippen molar-refractivity contribution in [3.8, 4) is 0 Å². The van der Waals surface area contributed by atoms with E-state index in [0.29, 0.717) is 0 Å². The Hall–Kier alpha value is -1.00. The van der Waals surface area contributed by atoms with Gasteiger partial charge in [0.05, 0.1) is 17.8 Å². The number of aliphatic hydroxyl groups excluding tert-OH is 1. The molecule has 2 unspecified atom stereocenters. The van der Waals surface area contributed by atoms with E-state index < -0.39 is 0 Å². The molecule has 0 saturated carbocycles. The van der Waals surface area contributed by atoms with Crippen LogP contribution >= 0.6 is 0 Å². The molecule has 4 heteroatoms. The molecule has 0 spiro atoms. The second kappa shape index (κ2) is 3.16. The van der Waals surface area contributed by atoms with Crippen LogP contribution in [0.1, 0.15) is 18.2 Å². The van der Waals surface area contributed by atoms with Gasteiger partial charge in [0.25, 0.3) is 0 Å². The molecule has 2 N–H and O–H groups in total. The van der Waals surface area contributed by atoms with Gasteiger partial charge in [0.1, 0.15) is 6.33 Å². The van der Waals surface area contributed by atoms with Gasteiger partial charge >= 0.3 is 0 Å². The summed E-state index contributed by atoms with van der Waals surface area (Å²) in [6.07, 6.45) is 3.69. The van der Waals surface area contributed by atoms with E-state index in [0.717, 1.165) is 18.7 Å². The van der Waals surface area contributed by atoms with Gasteiger partial charge in [-0.3, -0.25) is 0 Å². The summed E-state index contributed by atoms with van der Waals surface area (Å²) in [6, 6.07) is 1.82. The van der Waals surface area contributed by atoms with E-state index in [-0.39, 0.29) is 12.1 Å². The Bertz CT molecular complexity index is 252. The molecule has 1 aromatic heterocycles. The monoisotopic (exact) mass is 165 g/mol. The molecular weight excluding hydrogens is 154 g/mol. The lowest BCUT2D eigenvalue weighted by molar-refractivity contribution is 0.158. The summed E-state index contributed by atoms with van der Waals surface area (Å²) in [6.45, 7) is 0.857. The summed E-state index contributed by atoms with van der Waals surface area (Å²) >= 11 is 0. The standard InChI is InChI=1S/C8H11N3O/c12-7-2-4-10-8(7)6-1-3-9-5-11-6/h1,3,5,7-8,10,12H,2,4H2. The van der Waals surface area contributed by atoms with Crippen LogP contribution in [-0.2, 0) is 0 Å². The number of aromatic nitrogens is 2. The predicted molar refractivity (Wildman–Crippen MR) is 43.4 cm³/mol. The first-order valence-corrected chi connectivity index (χ1v) is 4.05. The van der Waals surface area contributed by atoms with E-state index in [1.807, 2.05) is 6.07 Å². The maximum atomic E-state index is 9.52. The molecule has 1 saturated heterocycles. The molecule has 0 amide bonds. The van der Waals surface area contributed by atoms with Crippen molar-refractivity contribution in [1.82, 2.24) is 15.3 Å². The van der Waals surface area contributed by atoms with Crippen molar-refractivity contribution in [2.24, 2.45) is 0 Å². The molecule has 2 rings (SSSR count). The van der Waals surface area contributed by atoms with Gasteiger partial charge in [-0.15, -0.1) is 0 Å². The summed E-state index contributed by atoms with van der Waals surface area (Å²) < 4.78 is 0. The Morgan fingerprint density at radius 1 is 1.58 bits per heavy atom. The van der Waals surface area contributed by atoms with Gasteiger partial charge in [0.2, 0.25) is 0 Å². The SMILES string of the molecule is OC1CCNC1c1ccncn1. The van der Waals surface area contributed by atoms with Crippen LogP contribution in [-0.4, -0.2) is 27.7 Å². The zero-order valence-electron chi connectivity index (χ0n) is 6.64. The van der Waals surface area contributed by atoms with E-state index in [2.05, 4.69) is 15.3 Å². The molecule has 1 aromatic rings. The molecule has 1 aliphatic rings. The molecule has 12 heavy (non-hydrogen) atoms. The van der Waals surface area contributed by atoms with Crippen LogP contribution in [0.15, 0.2) is 18.6 Å². The lowest BCUT2D eigenvalue weighted by Crippen LogP contribution is -2.21. The highest BCUT2D eigenvalue weighted by Gasteiger charge is 2.26. The third-order valence-corrected chi connectivity index (χ3v) is 2.11. The molecule has 1 aliphatic heterocycles. The van der Waals surface area contributed by atoms with Crippen molar-refractivity contribution >= 4 is 0 Å². The molecule has 1 fully saturated rings. The summed E-state index contributed by atoms with van der Waals surface area (Å²) in [5.74, 6) is 0. The van der Waals surface area contributed by atoms with Crippen LogP contribution in [0.2, 0.25) is 0 Å². The zero-order chi connectivity index (χ0) is 8.39. The highest BCUT2D eigenvalue weighted by Crippen LogP contribution is 2.20. The minimum Gasteiger partial charge on any atom is -0.391 e. The number of aliphatic hydroxyl groups is 1. The fraction of sp³-hybridized carbons (Fsp3) is 0.500. The first-order chi connectivity index (χ1) is 5.88. The lowest BCUT2D eigenvalue weighted by Gasteiger charge is -2.12. The predicted octanol–water partition coefficient (Wildman–Crippen LogP) is -0.128. The van der Waals surface area contributed by atoms with Gasteiger partial charge in [-0.25, -0.2) is 9.97 Å². The largest absolute Gasteiger partial charge is 0.391 e. The number of hydrogen-bond donors (Lipinski definition) is 2. The molecule has 0 radical (unpaired) electrons. The van der Waals surface area contributed by atoms with Crippen LogP contribution in [0.25, 0.3) is 0 Å². The number of rotatable bonds is 1. The van der Waals surface area contributed by atoms with Gasteiger partial charge in [-0.1, -0.05) is 0 Å². The van der Waals surface area contributed by atoms with Gasteiger partial charge in [0.15, 0.2) is 0 Å². The third kappa shape index (κ3) is 1.31. The minimum atomic E-state index is -0.306. The van der Waals surface area contributed by atoms with Crippen molar-refractivity contribution in [3.63, 3.8) is 0 Å². The average Bonchev–Trinajstić information content (AvgIpc) is 2.53. The number of nitrogens with zero attached hydrogens (tertiary/aromatic N) is 2. The van der Waals surface area contributed by atoms with E-state index in [9.17, 15) is 5.11 Å². The maximum absolute atomic E-state index is 9.52. The average molecular weight is 165 g/mol. The zero-order valence-corrected chi connectivity index (χ0v) is 6.64. The maximum Gasteiger partial charge on any atom is 0.115 e. The van der Waals surface area contributed by atoms with Gasteiger partial charge in [-0.05, 0) is 19.0 Å². The topological polar surface area (TPSA) is 58.0 Å². The Balaban J connectivity index is 2.19. The highest BCUT2D eigenvalue weighted by molar-refractivity contribution is 5.08. The number of hydrogen-bond acceptors (Lipinski definition) is 4. The Morgan fingerprint density at radius 2 is 2.50 bits per heavy atom. The van der Waals surface area contributed by atoms with Crippen LogP contribution in [0.5, 0.6) is 0 Å². The van der Waals surface area contributed by atoms with Crippen molar-refractivity contribution in [2.75, 3.05) is 6.54 Å². The Kier molecular flexibility index (Phi) is 2.01. The first-order valence-electron chi connectivity index (χ1n) is 4.05. The molecule has 2 heterocycles. The van der Waals surface area contributed by atoms with Crippen molar-refractivity contribution in [2.45, 2.75) is 18.6 Å². The van der Waals surface area contributed by atoms with Crippen LogP contribution in [0.4, 0.5) is 0 Å². The molecular formula is C8H11N3O. The van der Waals surface area contributed by atoms with E-state index in [1.165, 1.54) is 6.33 Å². The fourth-order valence-electron chi connectivity index (χ4n) is 1.48. The molecule has 0 aliphatic carbocycles. The van der Waals surface area contributed by atoms with E-state index in [4.69, 9.17) is 0 Å². The summed E-state index contributed by atoms with van der Waals surface area (Å²) in [5, 5.41) is 12.7. The fourth-order valence-corrected chi connectivity index (χ4v) is 1.48. The smallest absolute Gasteiger partial charge is 0.115 e. The van der Waals surface area contributed by atoms with Crippen LogP contribution in [0, 0.1) is 0 Å². The van der Waals surface area contributed by atoms with E-state index >= 15 is 0 Å². The van der Waals surface area contributed by atoms with E-state index in [1.54, 1.807) is 6.20 Å². The van der Waals surface area contributed by atoms with Crippen molar-refractivity contribution in [3.05, 3.63) is 24.3 Å². The summed E-state index contributed by atoms with van der Waals surface area (Å²) in [7, 11) is 0.